The molecule has 5 heteroatoms. The maximum absolute atomic E-state index is 11.8. The fourth-order valence-electron chi connectivity index (χ4n) is 2.06. The van der Waals surface area contributed by atoms with Crippen molar-refractivity contribution in [3.8, 4) is 0 Å². The Labute approximate surface area is 106 Å². The Hall–Kier alpha value is -1.78. The fraction of sp³-hybridized carbons (Fsp3) is 0.538. The number of aldehydes is 1. The monoisotopic (exact) mass is 253 g/mol. The minimum Gasteiger partial charge on any atom is -0.461 e. The number of carbonyl (C=O) groups is 2. The van der Waals surface area contributed by atoms with Crippen LogP contribution in [0, 0.1) is 0 Å². The molecule has 1 aromatic heterocycles. The molecular formula is C13H19NO4. The van der Waals surface area contributed by atoms with E-state index in [1.54, 1.807) is 6.92 Å². The first-order valence-electron chi connectivity index (χ1n) is 6.20. The second-order valence-electron chi connectivity index (χ2n) is 3.94. The van der Waals surface area contributed by atoms with Gasteiger partial charge in [0.15, 0.2) is 12.0 Å². The molecule has 1 aromatic rings. The quantitative estimate of drug-likeness (QED) is 0.479. The molecule has 18 heavy (non-hydrogen) atoms. The first kappa shape index (κ1) is 14.3. The molecule has 1 N–H and O–H groups in total. The maximum Gasteiger partial charge on any atom is 0.358 e. The van der Waals surface area contributed by atoms with Crippen molar-refractivity contribution in [2.75, 3.05) is 6.61 Å². The van der Waals surface area contributed by atoms with Crippen LogP contribution < -0.4 is 0 Å². The second kappa shape index (κ2) is 6.23. The average Bonchev–Trinajstić information content (AvgIpc) is 2.62. The molecule has 0 amide bonds. The summed E-state index contributed by atoms with van der Waals surface area (Å²) in [5.41, 5.74) is 1.51. The normalized spacial score (nSPS) is 10.4. The number of hydrogen-bond acceptors (Lipinski definition) is 4. The highest BCUT2D eigenvalue weighted by Gasteiger charge is 2.26. The molecule has 0 aliphatic heterocycles. The van der Waals surface area contributed by atoms with Crippen molar-refractivity contribution in [3.63, 3.8) is 0 Å². The average molecular weight is 253 g/mol. The molecule has 0 aromatic carbocycles. The molecule has 0 saturated heterocycles. The molecule has 0 aliphatic rings. The van der Waals surface area contributed by atoms with Gasteiger partial charge < -0.3 is 9.94 Å². The van der Waals surface area contributed by atoms with Gasteiger partial charge in [-0.05, 0) is 25.3 Å². The molecule has 1 rings (SSSR count). The lowest BCUT2D eigenvalue weighted by Gasteiger charge is -2.05. The number of nitrogens with zero attached hydrogens (tertiary/aromatic N) is 1. The van der Waals surface area contributed by atoms with E-state index in [1.807, 2.05) is 13.8 Å². The van der Waals surface area contributed by atoms with Crippen LogP contribution in [0.25, 0.3) is 0 Å². The number of esters is 1. The van der Waals surface area contributed by atoms with E-state index in [2.05, 4.69) is 0 Å². The Balaban J connectivity index is 3.40. The van der Waals surface area contributed by atoms with E-state index >= 15 is 0 Å². The van der Waals surface area contributed by atoms with Gasteiger partial charge in [0, 0.05) is 5.56 Å². The van der Waals surface area contributed by atoms with Gasteiger partial charge in [-0.2, -0.15) is 4.73 Å². The van der Waals surface area contributed by atoms with Crippen LogP contribution in [0.5, 0.6) is 0 Å². The van der Waals surface area contributed by atoms with Gasteiger partial charge in [0.25, 0.3) is 0 Å². The predicted octanol–water partition coefficient (Wildman–Crippen LogP) is 2.23. The van der Waals surface area contributed by atoms with Gasteiger partial charge in [-0.3, -0.25) is 4.79 Å². The highest BCUT2D eigenvalue weighted by atomic mass is 16.5. The summed E-state index contributed by atoms with van der Waals surface area (Å²) in [6, 6.07) is 0. The Morgan fingerprint density at radius 3 is 2.50 bits per heavy atom. The summed E-state index contributed by atoms with van der Waals surface area (Å²) >= 11 is 0. The zero-order chi connectivity index (χ0) is 13.7. The minimum atomic E-state index is -0.595. The zero-order valence-corrected chi connectivity index (χ0v) is 11.0. The van der Waals surface area contributed by atoms with Crippen molar-refractivity contribution in [2.24, 2.45) is 0 Å². The maximum atomic E-state index is 11.8. The lowest BCUT2D eigenvalue weighted by molar-refractivity contribution is 0.0470. The van der Waals surface area contributed by atoms with Gasteiger partial charge in [0.2, 0.25) is 0 Å². The first-order chi connectivity index (χ1) is 8.62. The Bertz CT molecular complexity index is 448. The summed E-state index contributed by atoms with van der Waals surface area (Å²) < 4.78 is 5.72. The lowest BCUT2D eigenvalue weighted by Crippen LogP contribution is -2.13. The SMILES string of the molecule is CCCc1c(C=O)c(CC)c(C(=O)OCC)n1O. The summed E-state index contributed by atoms with van der Waals surface area (Å²) in [4.78, 5) is 23.0. The molecule has 0 radical (unpaired) electrons. The third-order valence-electron chi connectivity index (χ3n) is 2.82. The van der Waals surface area contributed by atoms with Crippen molar-refractivity contribution in [1.29, 1.82) is 0 Å². The molecular weight excluding hydrogens is 234 g/mol. The predicted molar refractivity (Wildman–Crippen MR) is 66.3 cm³/mol. The summed E-state index contributed by atoms with van der Waals surface area (Å²) in [5, 5.41) is 10.0. The van der Waals surface area contributed by atoms with Crippen LogP contribution in [-0.4, -0.2) is 28.8 Å². The number of rotatable bonds is 6. The molecule has 0 spiro atoms. The van der Waals surface area contributed by atoms with E-state index in [4.69, 9.17) is 4.74 Å². The molecule has 0 aliphatic carbocycles. The van der Waals surface area contributed by atoms with Gasteiger partial charge >= 0.3 is 5.97 Å². The molecule has 0 bridgehead atoms. The molecule has 0 unspecified atom stereocenters. The third-order valence-corrected chi connectivity index (χ3v) is 2.82. The van der Waals surface area contributed by atoms with Crippen LogP contribution in [0.1, 0.15) is 59.3 Å². The number of aromatic nitrogens is 1. The summed E-state index contributed by atoms with van der Waals surface area (Å²) in [7, 11) is 0. The van der Waals surface area contributed by atoms with Crippen LogP contribution in [0.3, 0.4) is 0 Å². The van der Waals surface area contributed by atoms with Gasteiger partial charge in [-0.1, -0.05) is 20.3 Å². The number of carbonyl (C=O) groups excluding carboxylic acids is 2. The van der Waals surface area contributed by atoms with Crippen LogP contribution in [0.2, 0.25) is 0 Å². The minimum absolute atomic E-state index is 0.0740. The molecule has 0 saturated carbocycles. The van der Waals surface area contributed by atoms with Gasteiger partial charge in [0.05, 0.1) is 12.3 Å². The van der Waals surface area contributed by atoms with E-state index in [0.29, 0.717) is 35.9 Å². The summed E-state index contributed by atoms with van der Waals surface area (Å²) in [6.07, 6.45) is 2.50. The van der Waals surface area contributed by atoms with Crippen molar-refractivity contribution in [3.05, 3.63) is 22.5 Å². The van der Waals surface area contributed by atoms with Gasteiger partial charge in [-0.15, -0.1) is 0 Å². The van der Waals surface area contributed by atoms with Crippen LogP contribution in [-0.2, 0) is 17.6 Å². The van der Waals surface area contributed by atoms with Crippen LogP contribution in [0.15, 0.2) is 0 Å². The summed E-state index contributed by atoms with van der Waals surface area (Å²) in [6.45, 7) is 5.70. The molecule has 1 heterocycles. The summed E-state index contributed by atoms with van der Waals surface area (Å²) in [5.74, 6) is -0.595. The van der Waals surface area contributed by atoms with E-state index < -0.39 is 5.97 Å². The van der Waals surface area contributed by atoms with E-state index in [0.717, 1.165) is 11.2 Å². The van der Waals surface area contributed by atoms with Gasteiger partial charge in [0.1, 0.15) is 0 Å². The van der Waals surface area contributed by atoms with E-state index in [9.17, 15) is 14.8 Å². The van der Waals surface area contributed by atoms with Crippen molar-refractivity contribution in [2.45, 2.75) is 40.0 Å². The Kier molecular flexibility index (Phi) is 4.95. The number of ether oxygens (including phenoxy) is 1. The first-order valence-corrected chi connectivity index (χ1v) is 6.20. The highest BCUT2D eigenvalue weighted by molar-refractivity contribution is 5.94. The van der Waals surface area contributed by atoms with Gasteiger partial charge in [-0.25, -0.2) is 4.79 Å². The van der Waals surface area contributed by atoms with Crippen molar-refractivity contribution in [1.82, 2.24) is 4.73 Å². The van der Waals surface area contributed by atoms with E-state index in [1.165, 1.54) is 0 Å². The van der Waals surface area contributed by atoms with Crippen molar-refractivity contribution >= 4 is 12.3 Å². The highest BCUT2D eigenvalue weighted by Crippen LogP contribution is 2.23. The van der Waals surface area contributed by atoms with Crippen LogP contribution in [0.4, 0.5) is 0 Å². The fourth-order valence-corrected chi connectivity index (χ4v) is 2.06. The third kappa shape index (κ3) is 2.39. The molecule has 0 fully saturated rings. The molecule has 5 nitrogen and oxygen atoms in total. The lowest BCUT2D eigenvalue weighted by atomic mass is 10.1. The standard InChI is InChI=1S/C13H19NO4/c1-4-7-11-10(8-15)9(5-2)12(14(11)17)13(16)18-6-3/h8,17H,4-7H2,1-3H3. The topological polar surface area (TPSA) is 68.5 Å². The van der Waals surface area contributed by atoms with Crippen LogP contribution >= 0.6 is 0 Å². The zero-order valence-electron chi connectivity index (χ0n) is 11.0. The Morgan fingerprint density at radius 2 is 2.06 bits per heavy atom. The van der Waals surface area contributed by atoms with E-state index in [-0.39, 0.29) is 12.3 Å². The smallest absolute Gasteiger partial charge is 0.358 e. The largest absolute Gasteiger partial charge is 0.461 e. The number of hydrogen-bond donors (Lipinski definition) is 1. The molecule has 0 atom stereocenters. The molecule has 100 valence electrons. The van der Waals surface area contributed by atoms with Crippen molar-refractivity contribution < 1.29 is 19.5 Å². The second-order valence-corrected chi connectivity index (χ2v) is 3.94. The Morgan fingerprint density at radius 1 is 1.39 bits per heavy atom.